The normalized spacial score (nSPS) is 36.1. The first-order valence-corrected chi connectivity index (χ1v) is 9.30. The molecule has 1 atom stereocenters. The van der Waals surface area contributed by atoms with Crippen molar-refractivity contribution in [3.63, 3.8) is 0 Å². The molecule has 1 aromatic heterocycles. The van der Waals surface area contributed by atoms with Crippen LogP contribution in [0.25, 0.3) is 0 Å². The van der Waals surface area contributed by atoms with Gasteiger partial charge in [0.15, 0.2) is 0 Å². The van der Waals surface area contributed by atoms with Crippen molar-refractivity contribution in [3.8, 4) is 0 Å². The number of rotatable bonds is 6. The van der Waals surface area contributed by atoms with Crippen LogP contribution in [0.5, 0.6) is 0 Å². The summed E-state index contributed by atoms with van der Waals surface area (Å²) in [6.07, 6.45) is 12.1. The van der Waals surface area contributed by atoms with Crippen LogP contribution < -0.4 is 5.32 Å². The van der Waals surface area contributed by atoms with Crippen LogP contribution in [0.4, 0.5) is 0 Å². The van der Waals surface area contributed by atoms with Crippen LogP contribution in [0.15, 0.2) is 6.33 Å². The highest BCUT2D eigenvalue weighted by Gasteiger charge is 2.53. The maximum Gasteiger partial charge on any atom is 0.220 e. The van der Waals surface area contributed by atoms with E-state index in [4.69, 9.17) is 0 Å². The van der Waals surface area contributed by atoms with Crippen molar-refractivity contribution in [1.82, 2.24) is 20.5 Å². The Hall–Kier alpha value is -1.39. The van der Waals surface area contributed by atoms with Gasteiger partial charge < -0.3 is 5.32 Å². The lowest BCUT2D eigenvalue weighted by molar-refractivity contribution is -0.126. The van der Waals surface area contributed by atoms with E-state index in [1.807, 2.05) is 0 Å². The van der Waals surface area contributed by atoms with Gasteiger partial charge in [-0.2, -0.15) is 5.10 Å². The van der Waals surface area contributed by atoms with E-state index in [0.29, 0.717) is 24.3 Å². The summed E-state index contributed by atoms with van der Waals surface area (Å²) in [5.74, 6) is 3.76. The average molecular weight is 316 g/mol. The minimum Gasteiger partial charge on any atom is -0.353 e. The number of nitrogens with zero attached hydrogens (tertiary/aromatic N) is 2. The standard InChI is InChI=1S/C18H28N4O/c1-2-15(21-17(23)4-3-16-19-11-20-22-16)18-8-12-5-13(9-18)7-14(6-12)10-18/h11-15H,2-10H2,1H3,(H,21,23)(H,19,20,22)/t12?,13?,14?,15-,18?/m0/s1. The molecule has 1 aromatic rings. The van der Waals surface area contributed by atoms with E-state index in [1.165, 1.54) is 44.9 Å². The Balaban J connectivity index is 1.39. The van der Waals surface area contributed by atoms with Crippen LogP contribution in [0, 0.1) is 23.2 Å². The van der Waals surface area contributed by atoms with Crippen molar-refractivity contribution < 1.29 is 4.79 Å². The van der Waals surface area contributed by atoms with E-state index in [1.54, 1.807) is 0 Å². The Morgan fingerprint density at radius 1 is 1.30 bits per heavy atom. The number of aromatic nitrogens is 3. The lowest BCUT2D eigenvalue weighted by Gasteiger charge is -2.59. The number of H-pyrrole nitrogens is 1. The first-order valence-electron chi connectivity index (χ1n) is 9.30. The second kappa shape index (κ2) is 5.91. The number of aryl methyl sites for hydroxylation is 1. The average Bonchev–Trinajstić information content (AvgIpc) is 3.02. The number of hydrogen-bond donors (Lipinski definition) is 2. The molecule has 0 saturated heterocycles. The van der Waals surface area contributed by atoms with Crippen LogP contribution in [0.2, 0.25) is 0 Å². The number of amides is 1. The summed E-state index contributed by atoms with van der Waals surface area (Å²) in [6, 6.07) is 0.359. The van der Waals surface area contributed by atoms with E-state index >= 15 is 0 Å². The molecule has 4 saturated carbocycles. The Morgan fingerprint density at radius 3 is 2.48 bits per heavy atom. The van der Waals surface area contributed by atoms with Gasteiger partial charge in [0, 0.05) is 18.9 Å². The second-order valence-electron chi connectivity index (χ2n) is 8.24. The van der Waals surface area contributed by atoms with Crippen LogP contribution in [-0.2, 0) is 11.2 Å². The van der Waals surface area contributed by atoms with Crippen molar-refractivity contribution in [1.29, 1.82) is 0 Å². The summed E-state index contributed by atoms with van der Waals surface area (Å²) in [5.41, 5.74) is 0.394. The second-order valence-corrected chi connectivity index (χ2v) is 8.24. The molecule has 5 heteroatoms. The minimum atomic E-state index is 0.170. The van der Waals surface area contributed by atoms with Crippen molar-refractivity contribution in [2.24, 2.45) is 23.2 Å². The number of carbonyl (C=O) groups excluding carboxylic acids is 1. The Kier molecular flexibility index (Phi) is 3.90. The molecule has 5 rings (SSSR count). The zero-order valence-electron chi connectivity index (χ0n) is 14.1. The molecule has 0 aliphatic heterocycles. The zero-order chi connectivity index (χ0) is 15.9. The van der Waals surface area contributed by atoms with Gasteiger partial charge in [-0.15, -0.1) is 0 Å². The molecule has 5 nitrogen and oxygen atoms in total. The molecule has 1 heterocycles. The van der Waals surface area contributed by atoms with Gasteiger partial charge in [0.1, 0.15) is 12.2 Å². The maximum atomic E-state index is 12.4. The third-order valence-electron chi connectivity index (χ3n) is 6.62. The largest absolute Gasteiger partial charge is 0.353 e. The molecular weight excluding hydrogens is 288 g/mol. The highest BCUT2D eigenvalue weighted by Crippen LogP contribution is 2.61. The summed E-state index contributed by atoms with van der Waals surface area (Å²) < 4.78 is 0. The predicted molar refractivity (Wildman–Crippen MR) is 87.5 cm³/mol. The van der Waals surface area contributed by atoms with Gasteiger partial charge in [-0.05, 0) is 68.1 Å². The SMILES string of the molecule is CC[C@H](NC(=O)CCc1ncn[nH]1)C12CC3CC(CC(C3)C1)C2. The van der Waals surface area contributed by atoms with E-state index in [2.05, 4.69) is 27.4 Å². The first-order chi connectivity index (χ1) is 11.2. The van der Waals surface area contributed by atoms with Crippen molar-refractivity contribution in [2.45, 2.75) is 70.8 Å². The highest BCUT2D eigenvalue weighted by molar-refractivity contribution is 5.76. The topological polar surface area (TPSA) is 70.7 Å². The summed E-state index contributed by atoms with van der Waals surface area (Å²) in [7, 11) is 0. The Labute approximate surface area is 138 Å². The summed E-state index contributed by atoms with van der Waals surface area (Å²) >= 11 is 0. The predicted octanol–water partition coefficient (Wildman–Crippen LogP) is 2.85. The molecular formula is C18H28N4O. The smallest absolute Gasteiger partial charge is 0.220 e. The van der Waals surface area contributed by atoms with Crippen LogP contribution in [0.3, 0.4) is 0 Å². The molecule has 4 aliphatic rings. The third-order valence-corrected chi connectivity index (χ3v) is 6.62. The van der Waals surface area contributed by atoms with E-state index in [0.717, 1.165) is 30.0 Å². The summed E-state index contributed by atoms with van der Waals surface area (Å²) in [5, 5.41) is 10.0. The molecule has 0 spiro atoms. The van der Waals surface area contributed by atoms with Gasteiger partial charge >= 0.3 is 0 Å². The molecule has 0 unspecified atom stereocenters. The molecule has 0 aromatic carbocycles. The molecule has 4 aliphatic carbocycles. The summed E-state index contributed by atoms with van der Waals surface area (Å²) in [4.78, 5) is 16.5. The first kappa shape index (κ1) is 15.2. The molecule has 1 amide bonds. The monoisotopic (exact) mass is 316 g/mol. The Morgan fingerprint density at radius 2 is 1.96 bits per heavy atom. The number of carbonyl (C=O) groups is 1. The molecule has 4 bridgehead atoms. The lowest BCUT2D eigenvalue weighted by atomic mass is 9.47. The fourth-order valence-corrected chi connectivity index (χ4v) is 6.14. The van der Waals surface area contributed by atoms with Gasteiger partial charge in [-0.3, -0.25) is 9.89 Å². The van der Waals surface area contributed by atoms with Gasteiger partial charge in [-0.1, -0.05) is 6.92 Å². The van der Waals surface area contributed by atoms with E-state index < -0.39 is 0 Å². The lowest BCUT2D eigenvalue weighted by Crippen LogP contribution is -2.56. The quantitative estimate of drug-likeness (QED) is 0.848. The third kappa shape index (κ3) is 2.90. The van der Waals surface area contributed by atoms with Crippen LogP contribution in [0.1, 0.15) is 64.1 Å². The fourth-order valence-electron chi connectivity index (χ4n) is 6.14. The fraction of sp³-hybridized carbons (Fsp3) is 0.833. The maximum absolute atomic E-state index is 12.4. The van der Waals surface area contributed by atoms with E-state index in [9.17, 15) is 4.79 Å². The van der Waals surface area contributed by atoms with Crippen molar-refractivity contribution in [3.05, 3.63) is 12.2 Å². The number of hydrogen-bond acceptors (Lipinski definition) is 3. The van der Waals surface area contributed by atoms with Gasteiger partial charge in [-0.25, -0.2) is 4.98 Å². The molecule has 0 radical (unpaired) electrons. The molecule has 2 N–H and O–H groups in total. The van der Waals surface area contributed by atoms with Crippen molar-refractivity contribution in [2.75, 3.05) is 0 Å². The molecule has 4 fully saturated rings. The summed E-state index contributed by atoms with van der Waals surface area (Å²) in [6.45, 7) is 2.24. The van der Waals surface area contributed by atoms with E-state index in [-0.39, 0.29) is 5.91 Å². The Bertz CT molecular complexity index is 518. The molecule has 126 valence electrons. The van der Waals surface area contributed by atoms with Gasteiger partial charge in [0.2, 0.25) is 5.91 Å². The van der Waals surface area contributed by atoms with Crippen LogP contribution in [-0.4, -0.2) is 27.1 Å². The van der Waals surface area contributed by atoms with Crippen molar-refractivity contribution >= 4 is 5.91 Å². The molecule has 23 heavy (non-hydrogen) atoms. The highest BCUT2D eigenvalue weighted by atomic mass is 16.1. The number of aromatic amines is 1. The van der Waals surface area contributed by atoms with Gasteiger partial charge in [0.05, 0.1) is 0 Å². The minimum absolute atomic E-state index is 0.170. The zero-order valence-corrected chi connectivity index (χ0v) is 14.1. The van der Waals surface area contributed by atoms with Crippen LogP contribution >= 0.6 is 0 Å². The van der Waals surface area contributed by atoms with Gasteiger partial charge in [0.25, 0.3) is 0 Å². The number of nitrogens with one attached hydrogen (secondary N) is 2.